The van der Waals surface area contributed by atoms with E-state index in [4.69, 9.17) is 9.73 Å². The van der Waals surface area contributed by atoms with Gasteiger partial charge >= 0.3 is 0 Å². The molecule has 4 rings (SSSR count). The molecule has 152 valence electrons. The van der Waals surface area contributed by atoms with Gasteiger partial charge in [0.1, 0.15) is 17.5 Å². The molecule has 0 radical (unpaired) electrons. The van der Waals surface area contributed by atoms with Crippen molar-refractivity contribution in [2.24, 2.45) is 4.99 Å². The highest BCUT2D eigenvalue weighted by atomic mass is 16.5. The number of imidazole rings is 1. The van der Waals surface area contributed by atoms with Crippen LogP contribution >= 0.6 is 0 Å². The van der Waals surface area contributed by atoms with Crippen LogP contribution < -0.4 is 10.1 Å². The lowest BCUT2D eigenvalue weighted by molar-refractivity contribution is 0.129. The lowest BCUT2D eigenvalue weighted by Gasteiger charge is -2.34. The number of nitrogens with one attached hydrogen (secondary N) is 1. The Morgan fingerprint density at radius 1 is 1.14 bits per heavy atom. The third-order valence-electron chi connectivity index (χ3n) is 5.17. The molecular formula is C23H29N5O. The van der Waals surface area contributed by atoms with E-state index in [9.17, 15) is 0 Å². The van der Waals surface area contributed by atoms with Crippen LogP contribution in [0.4, 0.5) is 0 Å². The number of likely N-dealkylation sites (tertiary alicyclic amines) is 1. The largest absolute Gasteiger partial charge is 0.490 e. The van der Waals surface area contributed by atoms with Gasteiger partial charge in [-0.3, -0.25) is 4.99 Å². The first-order chi connectivity index (χ1) is 14.3. The molecule has 1 fully saturated rings. The predicted molar refractivity (Wildman–Crippen MR) is 117 cm³/mol. The zero-order valence-electron chi connectivity index (χ0n) is 17.0. The standard InChI is InChI=1S/C23H29N5O/c1-2-24-23(25-14-11-19-18-28-15-7-6-10-22(28)26-19)27-16-12-21(13-17-27)29-20-8-4-3-5-9-20/h3-10,15,18,21H,2,11-14,16-17H2,1H3,(H,24,25). The molecule has 29 heavy (non-hydrogen) atoms. The number of para-hydroxylation sites is 1. The summed E-state index contributed by atoms with van der Waals surface area (Å²) in [5.41, 5.74) is 2.06. The van der Waals surface area contributed by atoms with Gasteiger partial charge < -0.3 is 19.4 Å². The number of aromatic nitrogens is 2. The second-order valence-corrected chi connectivity index (χ2v) is 7.30. The summed E-state index contributed by atoms with van der Waals surface area (Å²) in [6.07, 6.45) is 7.24. The summed E-state index contributed by atoms with van der Waals surface area (Å²) in [4.78, 5) is 11.9. The zero-order valence-corrected chi connectivity index (χ0v) is 17.0. The third-order valence-corrected chi connectivity index (χ3v) is 5.17. The maximum absolute atomic E-state index is 6.11. The molecular weight excluding hydrogens is 362 g/mol. The number of piperidine rings is 1. The topological polar surface area (TPSA) is 54.2 Å². The molecule has 0 unspecified atom stereocenters. The summed E-state index contributed by atoms with van der Waals surface area (Å²) in [6, 6.07) is 16.2. The molecule has 1 aliphatic rings. The van der Waals surface area contributed by atoms with Crippen LogP contribution in [0.2, 0.25) is 0 Å². The Morgan fingerprint density at radius 3 is 2.69 bits per heavy atom. The molecule has 1 N–H and O–H groups in total. The van der Waals surface area contributed by atoms with Crippen molar-refractivity contribution in [3.05, 3.63) is 66.6 Å². The van der Waals surface area contributed by atoms with Crippen LogP contribution in [0.5, 0.6) is 5.75 Å². The molecule has 1 aromatic carbocycles. The van der Waals surface area contributed by atoms with E-state index in [-0.39, 0.29) is 6.10 Å². The highest BCUT2D eigenvalue weighted by Gasteiger charge is 2.22. The number of nitrogens with zero attached hydrogens (tertiary/aromatic N) is 4. The van der Waals surface area contributed by atoms with Gasteiger partial charge in [0.25, 0.3) is 0 Å². The van der Waals surface area contributed by atoms with E-state index in [0.717, 1.165) is 68.5 Å². The highest BCUT2D eigenvalue weighted by molar-refractivity contribution is 5.80. The monoisotopic (exact) mass is 391 g/mol. The van der Waals surface area contributed by atoms with Gasteiger partial charge in [-0.2, -0.15) is 0 Å². The molecule has 6 nitrogen and oxygen atoms in total. The summed E-state index contributed by atoms with van der Waals surface area (Å²) in [6.45, 7) is 5.62. The number of pyridine rings is 1. The highest BCUT2D eigenvalue weighted by Crippen LogP contribution is 2.18. The second kappa shape index (κ2) is 9.45. The van der Waals surface area contributed by atoms with Crippen molar-refractivity contribution in [2.75, 3.05) is 26.2 Å². The van der Waals surface area contributed by atoms with E-state index >= 15 is 0 Å². The summed E-state index contributed by atoms with van der Waals surface area (Å²) < 4.78 is 8.17. The van der Waals surface area contributed by atoms with Gasteiger partial charge in [0.15, 0.2) is 5.96 Å². The molecule has 0 saturated carbocycles. The first-order valence-electron chi connectivity index (χ1n) is 10.5. The molecule has 0 atom stereocenters. The van der Waals surface area contributed by atoms with Gasteiger partial charge in [-0.25, -0.2) is 4.98 Å². The molecule has 0 aliphatic carbocycles. The Kier molecular flexibility index (Phi) is 6.29. The third kappa shape index (κ3) is 5.08. The van der Waals surface area contributed by atoms with Crippen LogP contribution in [0.15, 0.2) is 65.9 Å². The lowest BCUT2D eigenvalue weighted by atomic mass is 10.1. The minimum atomic E-state index is 0.273. The average molecular weight is 392 g/mol. The molecule has 3 heterocycles. The first-order valence-corrected chi connectivity index (χ1v) is 10.5. The summed E-state index contributed by atoms with van der Waals surface area (Å²) in [7, 11) is 0. The number of hydrogen-bond donors (Lipinski definition) is 1. The SMILES string of the molecule is CCNC(=NCCc1cn2ccccc2n1)N1CCC(Oc2ccccc2)CC1. The number of ether oxygens (including phenoxy) is 1. The quantitative estimate of drug-likeness (QED) is 0.517. The van der Waals surface area contributed by atoms with Gasteiger partial charge in [0.05, 0.1) is 5.69 Å². The van der Waals surface area contributed by atoms with E-state index in [1.165, 1.54) is 0 Å². The fraction of sp³-hybridized carbons (Fsp3) is 0.391. The minimum absolute atomic E-state index is 0.273. The summed E-state index contributed by atoms with van der Waals surface area (Å²) in [5.74, 6) is 1.95. The van der Waals surface area contributed by atoms with Gasteiger partial charge in [-0.1, -0.05) is 24.3 Å². The summed E-state index contributed by atoms with van der Waals surface area (Å²) in [5, 5.41) is 3.44. The molecule has 6 heteroatoms. The number of guanidine groups is 1. The van der Waals surface area contributed by atoms with Crippen LogP contribution in [-0.4, -0.2) is 52.5 Å². The number of aliphatic imine (C=N–C) groups is 1. The van der Waals surface area contributed by atoms with Gasteiger partial charge in [-0.15, -0.1) is 0 Å². The molecule has 1 saturated heterocycles. The summed E-state index contributed by atoms with van der Waals surface area (Å²) >= 11 is 0. The molecule has 3 aromatic rings. The predicted octanol–water partition coefficient (Wildman–Crippen LogP) is 3.39. The Bertz CT molecular complexity index is 896. The molecule has 0 spiro atoms. The molecule has 2 aromatic heterocycles. The number of benzene rings is 1. The molecule has 0 amide bonds. The van der Waals surface area contributed by atoms with E-state index in [1.54, 1.807) is 0 Å². The van der Waals surface area contributed by atoms with Crippen LogP contribution in [0, 0.1) is 0 Å². The Balaban J connectivity index is 1.31. The van der Waals surface area contributed by atoms with Crippen molar-refractivity contribution in [3.63, 3.8) is 0 Å². The molecule has 1 aliphatic heterocycles. The van der Waals surface area contributed by atoms with Crippen molar-refractivity contribution in [1.82, 2.24) is 19.6 Å². The van der Waals surface area contributed by atoms with Crippen molar-refractivity contribution in [2.45, 2.75) is 32.3 Å². The molecule has 0 bridgehead atoms. The maximum atomic E-state index is 6.11. The van der Waals surface area contributed by atoms with Crippen LogP contribution in [-0.2, 0) is 6.42 Å². The van der Waals surface area contributed by atoms with E-state index in [0.29, 0.717) is 0 Å². The fourth-order valence-electron chi connectivity index (χ4n) is 3.69. The van der Waals surface area contributed by atoms with Crippen molar-refractivity contribution < 1.29 is 4.74 Å². The normalized spacial score (nSPS) is 15.6. The van der Waals surface area contributed by atoms with E-state index in [2.05, 4.69) is 32.7 Å². The Morgan fingerprint density at radius 2 is 1.93 bits per heavy atom. The Labute approximate surface area is 172 Å². The second-order valence-electron chi connectivity index (χ2n) is 7.30. The van der Waals surface area contributed by atoms with Gasteiger partial charge in [-0.05, 0) is 31.2 Å². The van der Waals surface area contributed by atoms with Crippen LogP contribution in [0.25, 0.3) is 5.65 Å². The Hall–Kier alpha value is -3.02. The smallest absolute Gasteiger partial charge is 0.193 e. The van der Waals surface area contributed by atoms with E-state index in [1.807, 2.05) is 54.7 Å². The van der Waals surface area contributed by atoms with E-state index < -0.39 is 0 Å². The lowest BCUT2D eigenvalue weighted by Crippen LogP contribution is -2.47. The van der Waals surface area contributed by atoms with Crippen molar-refractivity contribution in [3.8, 4) is 5.75 Å². The van der Waals surface area contributed by atoms with Gasteiger partial charge in [0.2, 0.25) is 0 Å². The van der Waals surface area contributed by atoms with Gasteiger partial charge in [0, 0.05) is 57.8 Å². The minimum Gasteiger partial charge on any atom is -0.490 e. The van der Waals surface area contributed by atoms with Crippen LogP contribution in [0.3, 0.4) is 0 Å². The van der Waals surface area contributed by atoms with Crippen molar-refractivity contribution >= 4 is 11.6 Å². The number of rotatable bonds is 6. The fourth-order valence-corrected chi connectivity index (χ4v) is 3.69. The van der Waals surface area contributed by atoms with Crippen LogP contribution in [0.1, 0.15) is 25.5 Å². The maximum Gasteiger partial charge on any atom is 0.193 e. The first kappa shape index (κ1) is 19.3. The number of hydrogen-bond acceptors (Lipinski definition) is 3. The zero-order chi connectivity index (χ0) is 19.9. The van der Waals surface area contributed by atoms with Crippen molar-refractivity contribution in [1.29, 1.82) is 0 Å². The average Bonchev–Trinajstić information content (AvgIpc) is 3.17. The number of fused-ring (bicyclic) bond motifs is 1.